The molecule has 0 saturated carbocycles. The van der Waals surface area contributed by atoms with E-state index in [9.17, 15) is 4.39 Å². The highest BCUT2D eigenvalue weighted by atomic mass is 35.5. The maximum atomic E-state index is 13.0. The van der Waals surface area contributed by atoms with Crippen molar-refractivity contribution in [3.8, 4) is 0 Å². The van der Waals surface area contributed by atoms with E-state index in [2.05, 4.69) is 30.6 Å². The lowest BCUT2D eigenvalue weighted by atomic mass is 10.1. The van der Waals surface area contributed by atoms with Crippen molar-refractivity contribution in [2.24, 2.45) is 0 Å². The minimum absolute atomic E-state index is 0.117. The molecule has 3 aromatic rings. The predicted octanol–water partition coefficient (Wildman–Crippen LogP) is 3.98. The molecule has 0 fully saturated rings. The highest BCUT2D eigenvalue weighted by Gasteiger charge is 2.10. The van der Waals surface area contributed by atoms with Crippen molar-refractivity contribution < 1.29 is 4.39 Å². The molecule has 8 heteroatoms. The molecule has 2 N–H and O–H groups in total. The van der Waals surface area contributed by atoms with E-state index < -0.39 is 0 Å². The van der Waals surface area contributed by atoms with Crippen LogP contribution in [0.2, 0.25) is 5.15 Å². The summed E-state index contributed by atoms with van der Waals surface area (Å²) >= 11 is 6.05. The Labute approximate surface area is 143 Å². The van der Waals surface area contributed by atoms with Gasteiger partial charge in [-0.25, -0.2) is 14.4 Å². The van der Waals surface area contributed by atoms with Crippen molar-refractivity contribution in [1.29, 1.82) is 0 Å². The SMILES string of the molecule is C[C@H](Nc1nc(Cl)cc(Nc2cnccn2)n1)c1ccc(F)cc1. The molecule has 0 saturated heterocycles. The molecule has 24 heavy (non-hydrogen) atoms. The van der Waals surface area contributed by atoms with E-state index in [1.807, 2.05) is 6.92 Å². The second kappa shape index (κ2) is 7.18. The van der Waals surface area contributed by atoms with Gasteiger partial charge in [-0.2, -0.15) is 4.98 Å². The summed E-state index contributed by atoms with van der Waals surface area (Å²) in [6, 6.07) is 7.70. The summed E-state index contributed by atoms with van der Waals surface area (Å²) in [4.78, 5) is 16.6. The van der Waals surface area contributed by atoms with E-state index >= 15 is 0 Å². The summed E-state index contributed by atoms with van der Waals surface area (Å²) in [5.74, 6) is 1.11. The molecule has 0 aliphatic carbocycles. The van der Waals surface area contributed by atoms with E-state index in [0.717, 1.165) is 5.56 Å². The highest BCUT2D eigenvalue weighted by Crippen LogP contribution is 2.21. The molecule has 2 heterocycles. The van der Waals surface area contributed by atoms with Crippen LogP contribution in [0.4, 0.5) is 22.0 Å². The van der Waals surface area contributed by atoms with Crippen molar-refractivity contribution >= 4 is 29.2 Å². The average molecular weight is 345 g/mol. The molecule has 3 rings (SSSR count). The summed E-state index contributed by atoms with van der Waals surface area (Å²) < 4.78 is 13.0. The minimum atomic E-state index is -0.277. The van der Waals surface area contributed by atoms with Crippen molar-refractivity contribution in [2.75, 3.05) is 10.6 Å². The van der Waals surface area contributed by atoms with Gasteiger partial charge in [0, 0.05) is 18.5 Å². The fourth-order valence-electron chi connectivity index (χ4n) is 2.07. The Kier molecular flexibility index (Phi) is 4.81. The first-order chi connectivity index (χ1) is 11.6. The Morgan fingerprint density at radius 1 is 1.08 bits per heavy atom. The third kappa shape index (κ3) is 4.14. The highest BCUT2D eigenvalue weighted by molar-refractivity contribution is 6.29. The first kappa shape index (κ1) is 16.1. The number of benzene rings is 1. The molecule has 1 aromatic carbocycles. The Morgan fingerprint density at radius 2 is 1.88 bits per heavy atom. The number of rotatable bonds is 5. The smallest absolute Gasteiger partial charge is 0.226 e. The van der Waals surface area contributed by atoms with Crippen LogP contribution in [-0.4, -0.2) is 19.9 Å². The van der Waals surface area contributed by atoms with Gasteiger partial charge in [-0.15, -0.1) is 0 Å². The first-order valence-corrected chi connectivity index (χ1v) is 7.57. The van der Waals surface area contributed by atoms with Gasteiger partial charge in [0.2, 0.25) is 5.95 Å². The van der Waals surface area contributed by atoms with Gasteiger partial charge in [0.25, 0.3) is 0 Å². The Bertz CT molecular complexity index is 813. The third-order valence-corrected chi connectivity index (χ3v) is 3.42. The number of nitrogens with zero attached hydrogens (tertiary/aromatic N) is 4. The van der Waals surface area contributed by atoms with Crippen molar-refractivity contribution in [2.45, 2.75) is 13.0 Å². The maximum Gasteiger partial charge on any atom is 0.226 e. The number of anilines is 3. The number of nitrogens with one attached hydrogen (secondary N) is 2. The largest absolute Gasteiger partial charge is 0.348 e. The zero-order chi connectivity index (χ0) is 16.9. The first-order valence-electron chi connectivity index (χ1n) is 7.20. The Morgan fingerprint density at radius 3 is 2.58 bits per heavy atom. The monoisotopic (exact) mass is 344 g/mol. The number of hydrogen-bond acceptors (Lipinski definition) is 6. The quantitative estimate of drug-likeness (QED) is 0.682. The molecular formula is C16H14ClFN6. The summed E-state index contributed by atoms with van der Waals surface area (Å²) in [6.45, 7) is 1.92. The molecule has 122 valence electrons. The standard InChI is InChI=1S/C16H14ClFN6/c1-10(11-2-4-12(18)5-3-11)21-16-22-13(17)8-14(24-16)23-15-9-19-6-7-20-15/h2-10H,1H3,(H2,20,21,22,23,24)/t10-/m0/s1. The van der Waals surface area contributed by atoms with Crippen LogP contribution in [0.25, 0.3) is 0 Å². The van der Waals surface area contributed by atoms with Crippen LogP contribution in [-0.2, 0) is 0 Å². The molecule has 6 nitrogen and oxygen atoms in total. The summed E-state index contributed by atoms with van der Waals surface area (Å²) in [7, 11) is 0. The van der Waals surface area contributed by atoms with Crippen LogP contribution >= 0.6 is 11.6 Å². The molecule has 2 aromatic heterocycles. The molecule has 0 unspecified atom stereocenters. The molecule has 0 radical (unpaired) electrons. The fraction of sp³-hybridized carbons (Fsp3) is 0.125. The van der Waals surface area contributed by atoms with Crippen molar-refractivity contribution in [3.63, 3.8) is 0 Å². The molecular weight excluding hydrogens is 331 g/mol. The predicted molar refractivity (Wildman–Crippen MR) is 90.8 cm³/mol. The van der Waals surface area contributed by atoms with Crippen LogP contribution in [0.15, 0.2) is 48.9 Å². The summed E-state index contributed by atoms with van der Waals surface area (Å²) in [5.41, 5.74) is 0.906. The topological polar surface area (TPSA) is 75.6 Å². The van der Waals surface area contributed by atoms with Gasteiger partial charge in [-0.05, 0) is 24.6 Å². The van der Waals surface area contributed by atoms with E-state index in [4.69, 9.17) is 11.6 Å². The zero-order valence-corrected chi connectivity index (χ0v) is 13.5. The van der Waals surface area contributed by atoms with E-state index in [-0.39, 0.29) is 17.0 Å². The third-order valence-electron chi connectivity index (χ3n) is 3.23. The molecule has 0 bridgehead atoms. The lowest BCUT2D eigenvalue weighted by molar-refractivity contribution is 0.626. The van der Waals surface area contributed by atoms with Gasteiger partial charge in [0.15, 0.2) is 0 Å². The number of hydrogen-bond donors (Lipinski definition) is 2. The van der Waals surface area contributed by atoms with Crippen LogP contribution in [0, 0.1) is 5.82 Å². The van der Waals surface area contributed by atoms with Crippen LogP contribution in [0.3, 0.4) is 0 Å². The van der Waals surface area contributed by atoms with E-state index in [1.54, 1.807) is 36.8 Å². The molecule has 1 atom stereocenters. The molecule has 0 aliphatic rings. The van der Waals surface area contributed by atoms with Gasteiger partial charge < -0.3 is 10.6 Å². The van der Waals surface area contributed by atoms with Gasteiger partial charge in [-0.1, -0.05) is 23.7 Å². The zero-order valence-electron chi connectivity index (χ0n) is 12.7. The van der Waals surface area contributed by atoms with Crippen LogP contribution in [0.1, 0.15) is 18.5 Å². The van der Waals surface area contributed by atoms with Gasteiger partial charge in [0.05, 0.1) is 12.2 Å². The summed E-state index contributed by atoms with van der Waals surface area (Å²) in [6.07, 6.45) is 4.72. The summed E-state index contributed by atoms with van der Waals surface area (Å²) in [5, 5.41) is 6.43. The normalized spacial score (nSPS) is 11.8. The lowest BCUT2D eigenvalue weighted by Gasteiger charge is -2.15. The minimum Gasteiger partial charge on any atom is -0.348 e. The van der Waals surface area contributed by atoms with Gasteiger partial charge in [-0.3, -0.25) is 4.98 Å². The van der Waals surface area contributed by atoms with Crippen LogP contribution in [0.5, 0.6) is 0 Å². The van der Waals surface area contributed by atoms with Gasteiger partial charge >= 0.3 is 0 Å². The Hall–Kier alpha value is -2.80. The Balaban J connectivity index is 1.77. The number of aromatic nitrogens is 4. The average Bonchev–Trinajstić information content (AvgIpc) is 2.55. The van der Waals surface area contributed by atoms with Crippen molar-refractivity contribution in [3.05, 3.63) is 65.5 Å². The van der Waals surface area contributed by atoms with Crippen molar-refractivity contribution in [1.82, 2.24) is 19.9 Å². The second-order valence-electron chi connectivity index (χ2n) is 5.03. The molecule has 0 amide bonds. The molecule has 0 spiro atoms. The van der Waals surface area contributed by atoms with Gasteiger partial charge in [0.1, 0.15) is 22.6 Å². The van der Waals surface area contributed by atoms with Crippen LogP contribution < -0.4 is 10.6 Å². The van der Waals surface area contributed by atoms with E-state index in [1.165, 1.54) is 12.1 Å². The maximum absolute atomic E-state index is 13.0. The van der Waals surface area contributed by atoms with E-state index in [0.29, 0.717) is 17.6 Å². The molecule has 0 aliphatic heterocycles. The number of halogens is 2. The lowest BCUT2D eigenvalue weighted by Crippen LogP contribution is -2.10. The fourth-order valence-corrected chi connectivity index (χ4v) is 2.25. The second-order valence-corrected chi connectivity index (χ2v) is 5.42.